The fraction of sp³-hybridized carbons (Fsp3) is 0.237. The van der Waals surface area contributed by atoms with Crippen LogP contribution in [0.1, 0.15) is 30.4 Å². The standard InChI is InChI=1S/C38H35F2N5O7S/c1-19(2)34(41)38(47)50-18-32-45-27-8-6-7-25(40)22(27)16-29(45)35-30(51-32)14-13-26(43-35)23-15-24-31(17-28(23)44(4)53(5,48)49)52-36(33(24)37(46)42-3)20-9-11-21(39)12-10-20/h6-17,19,32,34H,18,41H2,1-5H3,(H,42,46)/t32-,34-/m0/s1. The first kappa shape index (κ1) is 35.6. The predicted molar refractivity (Wildman–Crippen MR) is 196 cm³/mol. The number of sulfonamides is 1. The van der Waals surface area contributed by atoms with E-state index in [0.717, 1.165) is 10.6 Å². The number of rotatable bonds is 9. The molecule has 0 saturated heterocycles. The monoisotopic (exact) mass is 743 g/mol. The Hall–Kier alpha value is -5.80. The molecule has 0 bridgehead atoms. The van der Waals surface area contributed by atoms with E-state index in [9.17, 15) is 22.4 Å². The Labute approximate surface area is 303 Å². The Kier molecular flexibility index (Phi) is 8.94. The summed E-state index contributed by atoms with van der Waals surface area (Å²) in [5.74, 6) is -1.77. The smallest absolute Gasteiger partial charge is 0.323 e. The van der Waals surface area contributed by atoms with Crippen molar-refractivity contribution in [2.45, 2.75) is 26.1 Å². The van der Waals surface area contributed by atoms with Gasteiger partial charge in [0.25, 0.3) is 5.91 Å². The Balaban J connectivity index is 1.42. The van der Waals surface area contributed by atoms with E-state index in [0.29, 0.717) is 39.2 Å². The first-order valence-corrected chi connectivity index (χ1v) is 18.4. The quantitative estimate of drug-likeness (QED) is 0.164. The summed E-state index contributed by atoms with van der Waals surface area (Å²) in [6.45, 7) is 3.37. The third-order valence-corrected chi connectivity index (χ3v) is 10.5. The van der Waals surface area contributed by atoms with Crippen LogP contribution in [0.3, 0.4) is 0 Å². The second kappa shape index (κ2) is 13.3. The van der Waals surface area contributed by atoms with E-state index in [-0.39, 0.29) is 46.2 Å². The van der Waals surface area contributed by atoms with E-state index in [4.69, 9.17) is 24.6 Å². The molecule has 1 aliphatic rings. The highest BCUT2D eigenvalue weighted by molar-refractivity contribution is 7.92. The number of carbonyl (C=O) groups excluding carboxylic acids is 2. The first-order valence-electron chi connectivity index (χ1n) is 16.6. The number of halogens is 2. The van der Waals surface area contributed by atoms with E-state index in [1.54, 1.807) is 54.8 Å². The lowest BCUT2D eigenvalue weighted by Crippen LogP contribution is -2.38. The van der Waals surface area contributed by atoms with Gasteiger partial charge >= 0.3 is 5.97 Å². The fourth-order valence-electron chi connectivity index (χ4n) is 6.34. The maximum Gasteiger partial charge on any atom is 0.323 e. The highest BCUT2D eigenvalue weighted by atomic mass is 32.2. The van der Waals surface area contributed by atoms with E-state index in [2.05, 4.69) is 5.32 Å². The molecule has 274 valence electrons. The minimum atomic E-state index is -3.83. The topological polar surface area (TPSA) is 159 Å². The Morgan fingerprint density at radius 2 is 1.79 bits per heavy atom. The van der Waals surface area contributed by atoms with E-state index >= 15 is 4.39 Å². The number of nitrogens with one attached hydrogen (secondary N) is 1. The zero-order valence-electron chi connectivity index (χ0n) is 29.3. The number of carbonyl (C=O) groups is 2. The molecule has 3 aromatic heterocycles. The molecule has 0 unspecified atom stereocenters. The maximum atomic E-state index is 15.2. The number of esters is 1. The van der Waals surface area contributed by atoms with Crippen LogP contribution in [0, 0.1) is 17.6 Å². The molecule has 15 heteroatoms. The lowest BCUT2D eigenvalue weighted by Gasteiger charge is -2.30. The van der Waals surface area contributed by atoms with Crippen LogP contribution in [0.2, 0.25) is 0 Å². The number of amides is 1. The number of benzene rings is 3. The van der Waals surface area contributed by atoms with Gasteiger partial charge < -0.3 is 24.9 Å². The zero-order chi connectivity index (χ0) is 37.9. The number of nitrogens with zero attached hydrogens (tertiary/aromatic N) is 3. The van der Waals surface area contributed by atoms with E-state index < -0.39 is 45.8 Å². The molecular weight excluding hydrogens is 709 g/mol. The molecule has 0 saturated carbocycles. The Morgan fingerprint density at radius 1 is 1.06 bits per heavy atom. The summed E-state index contributed by atoms with van der Waals surface area (Å²) in [6.07, 6.45) is 0.146. The summed E-state index contributed by atoms with van der Waals surface area (Å²) in [5.41, 5.74) is 8.80. The summed E-state index contributed by atoms with van der Waals surface area (Å²) in [4.78, 5) is 31.0. The zero-order valence-corrected chi connectivity index (χ0v) is 30.1. The van der Waals surface area contributed by atoms with Crippen LogP contribution in [-0.2, 0) is 19.6 Å². The summed E-state index contributed by atoms with van der Waals surface area (Å²) >= 11 is 0. The normalized spacial score (nSPS) is 14.5. The molecule has 4 heterocycles. The Morgan fingerprint density at radius 3 is 2.47 bits per heavy atom. The molecule has 0 spiro atoms. The van der Waals surface area contributed by atoms with Gasteiger partial charge in [-0.3, -0.25) is 18.5 Å². The molecule has 53 heavy (non-hydrogen) atoms. The average molecular weight is 744 g/mol. The van der Waals surface area contributed by atoms with Gasteiger partial charge in [0.1, 0.15) is 47.1 Å². The van der Waals surface area contributed by atoms with Crippen molar-refractivity contribution < 1.29 is 40.7 Å². The number of aromatic nitrogens is 2. The highest BCUT2D eigenvalue weighted by Gasteiger charge is 2.33. The van der Waals surface area contributed by atoms with Crippen molar-refractivity contribution in [1.82, 2.24) is 14.9 Å². The summed E-state index contributed by atoms with van der Waals surface area (Å²) in [6, 6.07) is 17.2. The third kappa shape index (κ3) is 6.25. The van der Waals surface area contributed by atoms with Crippen molar-refractivity contribution in [3.8, 4) is 39.7 Å². The van der Waals surface area contributed by atoms with Crippen molar-refractivity contribution in [3.05, 3.63) is 90.0 Å². The number of hydrogen-bond acceptors (Lipinski definition) is 9. The Bertz CT molecular complexity index is 2550. The van der Waals surface area contributed by atoms with Crippen molar-refractivity contribution in [1.29, 1.82) is 0 Å². The van der Waals surface area contributed by atoms with Gasteiger partial charge in [-0.1, -0.05) is 19.9 Å². The minimum Gasteiger partial charge on any atom is -0.464 e. The van der Waals surface area contributed by atoms with Crippen LogP contribution < -0.4 is 20.1 Å². The van der Waals surface area contributed by atoms with Crippen LogP contribution >= 0.6 is 0 Å². The van der Waals surface area contributed by atoms with Crippen molar-refractivity contribution >= 4 is 49.5 Å². The molecule has 3 aromatic carbocycles. The maximum absolute atomic E-state index is 15.2. The van der Waals surface area contributed by atoms with Gasteiger partial charge in [-0.05, 0) is 66.6 Å². The first-order chi connectivity index (χ1) is 25.2. The second-order valence-electron chi connectivity index (χ2n) is 13.1. The summed E-state index contributed by atoms with van der Waals surface area (Å²) < 4.78 is 75.8. The van der Waals surface area contributed by atoms with Gasteiger partial charge in [0.2, 0.25) is 16.3 Å². The predicted octanol–water partition coefficient (Wildman–Crippen LogP) is 6.23. The van der Waals surface area contributed by atoms with Gasteiger partial charge in [0.05, 0.1) is 34.4 Å². The van der Waals surface area contributed by atoms with Crippen molar-refractivity contribution in [3.63, 3.8) is 0 Å². The van der Waals surface area contributed by atoms with Crippen LogP contribution in [0.25, 0.3) is 55.8 Å². The minimum absolute atomic E-state index is 0.149. The van der Waals surface area contributed by atoms with Gasteiger partial charge in [-0.25, -0.2) is 22.2 Å². The van der Waals surface area contributed by atoms with Gasteiger partial charge in [-0.2, -0.15) is 0 Å². The molecule has 0 aliphatic carbocycles. The molecule has 7 rings (SSSR count). The molecule has 2 atom stereocenters. The SMILES string of the molecule is CNC(=O)c1c(-c2ccc(F)cc2)oc2cc(N(C)S(C)(=O)=O)c(-c3ccc4c(n3)-c3cc5c(F)cccc5n3[C@H](COC(=O)[C@@H](N)C(C)C)O4)cc12. The molecule has 0 fully saturated rings. The molecule has 6 aromatic rings. The van der Waals surface area contributed by atoms with Crippen LogP contribution in [0.4, 0.5) is 14.5 Å². The van der Waals surface area contributed by atoms with Crippen molar-refractivity contribution in [2.75, 3.05) is 31.3 Å². The molecule has 0 radical (unpaired) electrons. The number of nitrogens with two attached hydrogens (primary N) is 1. The van der Waals surface area contributed by atoms with E-state index in [1.807, 2.05) is 0 Å². The second-order valence-corrected chi connectivity index (χ2v) is 15.1. The van der Waals surface area contributed by atoms with Gasteiger partial charge in [0, 0.05) is 42.1 Å². The van der Waals surface area contributed by atoms with Crippen LogP contribution in [0.5, 0.6) is 5.75 Å². The number of fused-ring (bicyclic) bond motifs is 6. The van der Waals surface area contributed by atoms with Gasteiger partial charge in [-0.15, -0.1) is 0 Å². The number of hydrogen-bond donors (Lipinski definition) is 2. The fourth-order valence-corrected chi connectivity index (χ4v) is 6.85. The van der Waals surface area contributed by atoms with Gasteiger partial charge in [0.15, 0.2) is 0 Å². The molecular formula is C38H35F2N5O7S. The summed E-state index contributed by atoms with van der Waals surface area (Å²) in [7, 11) is -0.996. The number of furan rings is 1. The summed E-state index contributed by atoms with van der Waals surface area (Å²) in [5, 5.41) is 3.25. The molecule has 12 nitrogen and oxygen atoms in total. The number of anilines is 1. The number of ether oxygens (including phenoxy) is 2. The molecule has 3 N–H and O–H groups in total. The molecule has 1 amide bonds. The highest BCUT2D eigenvalue weighted by Crippen LogP contribution is 2.45. The van der Waals surface area contributed by atoms with Crippen LogP contribution in [0.15, 0.2) is 77.2 Å². The largest absolute Gasteiger partial charge is 0.464 e. The lowest BCUT2D eigenvalue weighted by molar-refractivity contribution is -0.150. The lowest BCUT2D eigenvalue weighted by atomic mass is 10.0. The van der Waals surface area contributed by atoms with E-state index in [1.165, 1.54) is 50.5 Å². The average Bonchev–Trinajstić information content (AvgIpc) is 3.72. The third-order valence-electron chi connectivity index (χ3n) is 9.32. The number of pyridine rings is 1. The van der Waals surface area contributed by atoms with Crippen LogP contribution in [-0.4, -0.2) is 62.8 Å². The molecule has 1 aliphatic heterocycles. The van der Waals surface area contributed by atoms with Crippen molar-refractivity contribution in [2.24, 2.45) is 11.7 Å².